The zero-order valence-electron chi connectivity index (χ0n) is 19.3. The normalized spacial score (nSPS) is 20.0. The van der Waals surface area contributed by atoms with Crippen molar-refractivity contribution in [1.82, 2.24) is 10.8 Å². The number of carbonyl (C=O) groups excluding carboxylic acids is 2. The van der Waals surface area contributed by atoms with E-state index in [1.54, 1.807) is 17.6 Å². The van der Waals surface area contributed by atoms with Crippen LogP contribution in [0.2, 0.25) is 0 Å². The maximum absolute atomic E-state index is 12.9. The van der Waals surface area contributed by atoms with Crippen molar-refractivity contribution in [2.45, 2.75) is 58.4 Å². The highest BCUT2D eigenvalue weighted by Gasteiger charge is 2.29. The Labute approximate surface area is 194 Å². The molecule has 184 valence electrons. The second-order valence-corrected chi connectivity index (χ2v) is 8.68. The van der Waals surface area contributed by atoms with E-state index in [-0.39, 0.29) is 43.8 Å². The number of nitrogens with one attached hydrogen (secondary N) is 2. The number of hydroxylamine groups is 1. The van der Waals surface area contributed by atoms with Gasteiger partial charge in [0.05, 0.1) is 17.6 Å². The molecule has 0 bridgehead atoms. The number of rotatable bonds is 13. The average Bonchev–Trinajstić information content (AvgIpc) is 2.81. The first kappa shape index (κ1) is 26.7. The molecule has 0 unspecified atom stereocenters. The molecular formula is C23H35N3O7. The van der Waals surface area contributed by atoms with Gasteiger partial charge in [-0.05, 0) is 56.9 Å². The molecule has 1 aliphatic carbocycles. The van der Waals surface area contributed by atoms with Crippen LogP contribution in [0, 0.1) is 27.9 Å². The summed E-state index contributed by atoms with van der Waals surface area (Å²) in [4.78, 5) is 35.9. The first-order valence-corrected chi connectivity index (χ1v) is 11.5. The van der Waals surface area contributed by atoms with Crippen LogP contribution in [-0.4, -0.2) is 48.0 Å². The summed E-state index contributed by atoms with van der Waals surface area (Å²) in [6.45, 7) is 4.71. The lowest BCUT2D eigenvalue weighted by molar-refractivity contribution is -0.384. The summed E-state index contributed by atoms with van der Waals surface area (Å²) >= 11 is 0. The summed E-state index contributed by atoms with van der Waals surface area (Å²) in [5.74, 6) is -0.878. The summed E-state index contributed by atoms with van der Waals surface area (Å²) < 4.78 is 10.7. The zero-order valence-corrected chi connectivity index (χ0v) is 19.3. The Morgan fingerprint density at radius 1 is 1.24 bits per heavy atom. The molecule has 10 heteroatoms. The van der Waals surface area contributed by atoms with Gasteiger partial charge < -0.3 is 14.8 Å². The van der Waals surface area contributed by atoms with E-state index in [1.807, 2.05) is 6.92 Å². The number of nitro groups is 1. The van der Waals surface area contributed by atoms with E-state index in [9.17, 15) is 24.9 Å². The van der Waals surface area contributed by atoms with E-state index < -0.39 is 22.8 Å². The van der Waals surface area contributed by atoms with Gasteiger partial charge in [-0.25, -0.2) is 5.48 Å². The molecule has 1 aromatic carbocycles. The smallest absolute Gasteiger partial charge is 0.269 e. The molecule has 0 spiro atoms. The van der Waals surface area contributed by atoms with Crippen LogP contribution in [0.1, 0.15) is 51.5 Å². The summed E-state index contributed by atoms with van der Waals surface area (Å²) in [5, 5.41) is 23.3. The van der Waals surface area contributed by atoms with Gasteiger partial charge in [-0.15, -0.1) is 0 Å². The van der Waals surface area contributed by atoms with E-state index in [4.69, 9.17) is 9.47 Å². The predicted molar refractivity (Wildman–Crippen MR) is 120 cm³/mol. The van der Waals surface area contributed by atoms with Gasteiger partial charge in [0.25, 0.3) is 5.69 Å². The fourth-order valence-corrected chi connectivity index (χ4v) is 4.14. The van der Waals surface area contributed by atoms with Crippen molar-refractivity contribution >= 4 is 17.5 Å². The third kappa shape index (κ3) is 9.07. The number of amides is 2. The molecule has 33 heavy (non-hydrogen) atoms. The van der Waals surface area contributed by atoms with Crippen molar-refractivity contribution < 1.29 is 29.2 Å². The summed E-state index contributed by atoms with van der Waals surface area (Å²) in [5.41, 5.74) is 2.18. The van der Waals surface area contributed by atoms with Gasteiger partial charge in [0, 0.05) is 30.6 Å². The number of non-ortho nitro benzene ring substituents is 1. The molecular weight excluding hydrogens is 430 g/mol. The van der Waals surface area contributed by atoms with Crippen LogP contribution in [0.15, 0.2) is 24.3 Å². The van der Waals surface area contributed by atoms with Crippen LogP contribution in [-0.2, 0) is 25.5 Å². The molecule has 0 aliphatic heterocycles. The molecule has 1 saturated carbocycles. The quantitative estimate of drug-likeness (QED) is 0.134. The van der Waals surface area contributed by atoms with Crippen molar-refractivity contribution in [1.29, 1.82) is 0 Å². The Morgan fingerprint density at radius 2 is 1.97 bits per heavy atom. The lowest BCUT2D eigenvalue weighted by Crippen LogP contribution is -2.45. The lowest BCUT2D eigenvalue weighted by atomic mass is 9.82. The summed E-state index contributed by atoms with van der Waals surface area (Å²) in [7, 11) is 0. The van der Waals surface area contributed by atoms with Crippen molar-refractivity contribution in [3.63, 3.8) is 0 Å². The van der Waals surface area contributed by atoms with Gasteiger partial charge in [0.1, 0.15) is 6.79 Å². The number of nitrogens with zero attached hydrogens (tertiary/aromatic N) is 1. The summed E-state index contributed by atoms with van der Waals surface area (Å²) in [6, 6.07) is 5.53. The van der Waals surface area contributed by atoms with Crippen LogP contribution in [0.25, 0.3) is 0 Å². The molecule has 3 N–H and O–H groups in total. The molecule has 1 fully saturated rings. The number of benzene rings is 1. The van der Waals surface area contributed by atoms with Crippen LogP contribution >= 0.6 is 0 Å². The molecule has 1 aromatic rings. The topological polar surface area (TPSA) is 140 Å². The van der Waals surface area contributed by atoms with Crippen molar-refractivity contribution in [3.8, 4) is 0 Å². The number of hydrogen-bond donors (Lipinski definition) is 3. The number of nitro benzene ring substituents is 1. The number of hydrogen-bond acceptors (Lipinski definition) is 7. The third-order valence-corrected chi connectivity index (χ3v) is 6.08. The van der Waals surface area contributed by atoms with E-state index in [2.05, 4.69) is 12.2 Å². The van der Waals surface area contributed by atoms with Gasteiger partial charge in [0.15, 0.2) is 0 Å². The highest BCUT2D eigenvalue weighted by Crippen LogP contribution is 2.28. The minimum atomic E-state index is -0.732. The molecule has 0 aromatic heterocycles. The van der Waals surface area contributed by atoms with E-state index in [0.717, 1.165) is 25.7 Å². The largest absolute Gasteiger partial charge is 0.356 e. The van der Waals surface area contributed by atoms with E-state index in [1.165, 1.54) is 12.1 Å². The van der Waals surface area contributed by atoms with Crippen LogP contribution in [0.5, 0.6) is 0 Å². The average molecular weight is 466 g/mol. The fourth-order valence-electron chi connectivity index (χ4n) is 4.14. The highest BCUT2D eigenvalue weighted by atomic mass is 16.7. The SMILES string of the molecule is CCOCOC[C@H](C[C@H](Cc1cccc([N+](=O)[O-])c1)C(=O)NO)NC(=O)[C@H]1CC[C@H](C)CC1. The maximum atomic E-state index is 12.9. The fraction of sp³-hybridized carbons (Fsp3) is 0.652. The highest BCUT2D eigenvalue weighted by molar-refractivity contribution is 5.80. The van der Waals surface area contributed by atoms with Crippen LogP contribution in [0.4, 0.5) is 5.69 Å². The molecule has 2 amide bonds. The molecule has 0 saturated heterocycles. The van der Waals surface area contributed by atoms with Crippen LogP contribution in [0.3, 0.4) is 0 Å². The Balaban J connectivity index is 2.10. The van der Waals surface area contributed by atoms with Crippen molar-refractivity contribution in [2.75, 3.05) is 20.0 Å². The Bertz CT molecular complexity index is 781. The first-order valence-electron chi connectivity index (χ1n) is 11.5. The van der Waals surface area contributed by atoms with E-state index in [0.29, 0.717) is 18.1 Å². The Morgan fingerprint density at radius 3 is 2.61 bits per heavy atom. The molecule has 2 rings (SSSR count). The third-order valence-electron chi connectivity index (χ3n) is 6.08. The maximum Gasteiger partial charge on any atom is 0.269 e. The first-order chi connectivity index (χ1) is 15.8. The second kappa shape index (κ2) is 13.9. The van der Waals surface area contributed by atoms with Crippen molar-refractivity contribution in [3.05, 3.63) is 39.9 Å². The lowest BCUT2D eigenvalue weighted by Gasteiger charge is -2.29. The van der Waals surface area contributed by atoms with E-state index >= 15 is 0 Å². The number of ether oxygens (including phenoxy) is 2. The molecule has 2 atom stereocenters. The standard InChI is InChI=1S/C23H35N3O7/c1-3-32-15-33-14-20(24-22(27)18-9-7-16(2)8-10-18)13-19(23(28)25-29)11-17-5-4-6-21(12-17)26(30)31/h4-6,12,16,18-20,29H,3,7-11,13-15H2,1-2H3,(H,24,27)(H,25,28)/t16-,18-,19-,20-/m0/s1. The van der Waals surface area contributed by atoms with Gasteiger partial charge in [0.2, 0.25) is 11.8 Å². The van der Waals surface area contributed by atoms with Gasteiger partial charge >= 0.3 is 0 Å². The molecule has 0 radical (unpaired) electrons. The molecule has 0 heterocycles. The van der Waals surface area contributed by atoms with Gasteiger partial charge in [-0.1, -0.05) is 19.1 Å². The van der Waals surface area contributed by atoms with Crippen molar-refractivity contribution in [2.24, 2.45) is 17.8 Å². The van der Waals surface area contributed by atoms with Crippen LogP contribution < -0.4 is 10.8 Å². The zero-order chi connectivity index (χ0) is 24.2. The Kier molecular flexibility index (Phi) is 11.2. The number of carbonyl (C=O) groups is 2. The predicted octanol–water partition coefficient (Wildman–Crippen LogP) is 2.97. The summed E-state index contributed by atoms with van der Waals surface area (Å²) in [6.07, 6.45) is 4.02. The molecule has 10 nitrogen and oxygen atoms in total. The molecule has 1 aliphatic rings. The minimum Gasteiger partial charge on any atom is -0.356 e. The minimum absolute atomic E-state index is 0.0611. The second-order valence-electron chi connectivity index (χ2n) is 8.68. The van der Waals surface area contributed by atoms with Gasteiger partial charge in [-0.3, -0.25) is 24.9 Å². The van der Waals surface area contributed by atoms with Gasteiger partial charge in [-0.2, -0.15) is 0 Å². The monoisotopic (exact) mass is 465 g/mol. The Hall–Kier alpha value is -2.56.